The average molecular weight is 806 g/mol. The minimum atomic E-state index is -5.23. The van der Waals surface area contributed by atoms with Crippen molar-refractivity contribution in [2.24, 2.45) is 0 Å². The first kappa shape index (κ1) is 36.5. The fourth-order valence-corrected chi connectivity index (χ4v) is 7.40. The molecule has 0 fully saturated rings. The van der Waals surface area contributed by atoms with Crippen LogP contribution < -0.4 is 14.4 Å². The maximum atomic E-state index is 13.7. The van der Waals surface area contributed by atoms with Gasteiger partial charge in [-0.25, -0.2) is 17.4 Å². The third-order valence-electron chi connectivity index (χ3n) is 7.74. The van der Waals surface area contributed by atoms with Crippen LogP contribution in [0.15, 0.2) is 53.8 Å². The lowest BCUT2D eigenvalue weighted by atomic mass is 10.2. The van der Waals surface area contributed by atoms with Crippen LogP contribution in [-0.2, 0) is 25.9 Å². The number of aryl methyl sites for hydroxylation is 1. The summed E-state index contributed by atoms with van der Waals surface area (Å²) in [6.07, 6.45) is -1.03. The van der Waals surface area contributed by atoms with Crippen LogP contribution in [0.1, 0.15) is 32.0 Å². The highest BCUT2D eigenvalue weighted by atomic mass is 127. The molecule has 1 aromatic carbocycles. The van der Waals surface area contributed by atoms with Crippen molar-refractivity contribution in [2.45, 2.75) is 63.5 Å². The molecule has 0 unspecified atom stereocenters. The van der Waals surface area contributed by atoms with Crippen molar-refractivity contribution in [3.63, 3.8) is 0 Å². The number of halogens is 4. The SMILES string of the molecule is Cc1ccc(S(=O)(=O)n2cc(I)c3c(COc4cncc(OCCO[Si](C)(C)C(C)(C)C)c4)nc(N(C)C(=O)C(F)(F)F)nc32)cc1. The Labute approximate surface area is 285 Å². The number of rotatable bonds is 11. The van der Waals surface area contributed by atoms with Gasteiger partial charge in [-0.3, -0.25) is 14.7 Å². The second-order valence-corrected chi connectivity index (χ2v) is 20.0. The van der Waals surface area contributed by atoms with Crippen LogP contribution in [0, 0.1) is 10.5 Å². The van der Waals surface area contributed by atoms with Crippen LogP contribution in [0.3, 0.4) is 0 Å². The highest BCUT2D eigenvalue weighted by Crippen LogP contribution is 2.36. The number of anilines is 1. The molecule has 0 saturated carbocycles. The molecule has 0 aliphatic heterocycles. The van der Waals surface area contributed by atoms with Crippen molar-refractivity contribution in [2.75, 3.05) is 25.2 Å². The second-order valence-electron chi connectivity index (χ2n) is 12.2. The Morgan fingerprint density at radius 2 is 1.64 bits per heavy atom. The summed E-state index contributed by atoms with van der Waals surface area (Å²) in [4.78, 5) is 24.7. The van der Waals surface area contributed by atoms with E-state index >= 15 is 0 Å². The summed E-state index contributed by atoms with van der Waals surface area (Å²) in [6.45, 7) is 12.8. The topological polar surface area (TPSA) is 126 Å². The van der Waals surface area contributed by atoms with E-state index in [4.69, 9.17) is 13.9 Å². The molecule has 3 heterocycles. The van der Waals surface area contributed by atoms with Crippen LogP contribution in [-0.4, -0.2) is 68.0 Å². The molecule has 1 amide bonds. The predicted molar refractivity (Wildman–Crippen MR) is 181 cm³/mol. The van der Waals surface area contributed by atoms with Crippen molar-refractivity contribution in [1.82, 2.24) is 18.9 Å². The van der Waals surface area contributed by atoms with Crippen molar-refractivity contribution in [3.05, 3.63) is 63.7 Å². The molecular formula is C30H35F3IN5O6SSi. The molecule has 3 aromatic heterocycles. The molecule has 11 nitrogen and oxygen atoms in total. The van der Waals surface area contributed by atoms with Gasteiger partial charge in [-0.15, -0.1) is 0 Å². The lowest BCUT2D eigenvalue weighted by Gasteiger charge is -2.36. The summed E-state index contributed by atoms with van der Waals surface area (Å²) in [7, 11) is -5.35. The zero-order valence-corrected chi connectivity index (χ0v) is 30.8. The van der Waals surface area contributed by atoms with E-state index in [1.807, 2.05) is 22.6 Å². The van der Waals surface area contributed by atoms with Gasteiger partial charge in [0.15, 0.2) is 14.0 Å². The van der Waals surface area contributed by atoms with E-state index in [1.165, 1.54) is 30.7 Å². The smallest absolute Gasteiger partial charge is 0.471 e. The molecule has 0 aliphatic carbocycles. The van der Waals surface area contributed by atoms with Crippen LogP contribution in [0.2, 0.25) is 18.1 Å². The molecule has 0 spiro atoms. The van der Waals surface area contributed by atoms with E-state index in [2.05, 4.69) is 48.8 Å². The predicted octanol–water partition coefficient (Wildman–Crippen LogP) is 6.48. The summed E-state index contributed by atoms with van der Waals surface area (Å²) < 4.78 is 86.5. The Kier molecular flexibility index (Phi) is 10.6. The van der Waals surface area contributed by atoms with Gasteiger partial charge in [0.05, 0.1) is 35.0 Å². The van der Waals surface area contributed by atoms with Crippen LogP contribution >= 0.6 is 22.6 Å². The van der Waals surface area contributed by atoms with E-state index in [0.29, 0.717) is 15.9 Å². The minimum Gasteiger partial charge on any atom is -0.489 e. The van der Waals surface area contributed by atoms with E-state index in [-0.39, 0.29) is 50.5 Å². The second kappa shape index (κ2) is 13.7. The fourth-order valence-electron chi connectivity index (χ4n) is 4.04. The lowest BCUT2D eigenvalue weighted by Crippen LogP contribution is -2.41. The Morgan fingerprint density at radius 3 is 2.23 bits per heavy atom. The van der Waals surface area contributed by atoms with Gasteiger partial charge in [-0.1, -0.05) is 38.5 Å². The van der Waals surface area contributed by atoms with Crippen molar-refractivity contribution in [1.29, 1.82) is 0 Å². The number of amides is 1. The van der Waals surface area contributed by atoms with Crippen LogP contribution in [0.5, 0.6) is 11.5 Å². The quantitative estimate of drug-likeness (QED) is 0.0952. The number of nitrogens with zero attached hydrogens (tertiary/aromatic N) is 5. The molecule has 0 bridgehead atoms. The molecule has 0 radical (unpaired) electrons. The normalized spacial score (nSPS) is 12.7. The molecular weight excluding hydrogens is 770 g/mol. The van der Waals surface area contributed by atoms with Crippen LogP contribution in [0.25, 0.3) is 11.0 Å². The Balaban J connectivity index is 1.66. The maximum absolute atomic E-state index is 13.7. The fraction of sp³-hybridized carbons (Fsp3) is 0.400. The molecule has 0 saturated heterocycles. The summed E-state index contributed by atoms with van der Waals surface area (Å²) in [5, 5.41) is 0.272. The Hall–Kier alpha value is -3.29. The molecule has 4 aromatic rings. The number of fused-ring (bicyclic) bond motifs is 1. The molecule has 254 valence electrons. The van der Waals surface area contributed by atoms with Gasteiger partial charge in [-0.05, 0) is 59.8 Å². The van der Waals surface area contributed by atoms with Crippen molar-refractivity contribution >= 4 is 63.8 Å². The first-order valence-corrected chi connectivity index (χ1v) is 19.7. The first-order chi connectivity index (χ1) is 21.7. The molecule has 0 N–H and O–H groups in total. The van der Waals surface area contributed by atoms with E-state index in [1.54, 1.807) is 25.1 Å². The number of hydrogen-bond acceptors (Lipinski definition) is 9. The van der Waals surface area contributed by atoms with Crippen molar-refractivity contribution < 1.29 is 40.3 Å². The van der Waals surface area contributed by atoms with E-state index in [9.17, 15) is 26.4 Å². The highest BCUT2D eigenvalue weighted by Gasteiger charge is 2.43. The third-order valence-corrected chi connectivity index (χ3v) is 14.8. The largest absolute Gasteiger partial charge is 0.489 e. The van der Waals surface area contributed by atoms with Crippen molar-refractivity contribution in [3.8, 4) is 11.5 Å². The van der Waals surface area contributed by atoms with Gasteiger partial charge in [-0.2, -0.15) is 18.2 Å². The number of benzene rings is 1. The van der Waals surface area contributed by atoms with Gasteiger partial charge in [0.1, 0.15) is 24.7 Å². The minimum absolute atomic E-state index is 0.0446. The summed E-state index contributed by atoms with van der Waals surface area (Å²) >= 11 is 1.89. The number of aromatic nitrogens is 4. The molecule has 4 rings (SSSR count). The third kappa shape index (κ3) is 8.23. The number of carbonyl (C=O) groups excluding carboxylic acids is 1. The standard InChI is InChI=1S/C30H35F3IN5O6SSi/c1-19-8-10-22(11-9-19)46(41,42)39-17-23(34)25-24(36-28(37-26(25)39)38(5)27(40)30(31,32)33)18-44-21-14-20(15-35-16-21)43-12-13-45-47(6,7)29(2,3)4/h8-11,14-17H,12-13,18H2,1-7H3. The highest BCUT2D eigenvalue weighted by molar-refractivity contribution is 14.1. The van der Waals surface area contributed by atoms with E-state index < -0.39 is 36.4 Å². The number of ether oxygens (including phenoxy) is 2. The monoisotopic (exact) mass is 805 g/mol. The molecule has 0 aliphatic rings. The van der Waals surface area contributed by atoms with Gasteiger partial charge < -0.3 is 13.9 Å². The Bertz CT molecular complexity index is 1880. The molecule has 47 heavy (non-hydrogen) atoms. The van der Waals surface area contributed by atoms with Gasteiger partial charge in [0.25, 0.3) is 10.0 Å². The number of hydrogen-bond donors (Lipinski definition) is 0. The zero-order valence-electron chi connectivity index (χ0n) is 26.8. The summed E-state index contributed by atoms with van der Waals surface area (Å²) in [6, 6.07) is 7.64. The first-order valence-electron chi connectivity index (χ1n) is 14.3. The number of pyridine rings is 1. The zero-order chi connectivity index (χ0) is 34.9. The van der Waals surface area contributed by atoms with Gasteiger partial charge >= 0.3 is 12.1 Å². The summed E-state index contributed by atoms with van der Waals surface area (Å²) in [5.41, 5.74) is 0.649. The Morgan fingerprint density at radius 1 is 1.02 bits per heavy atom. The van der Waals surface area contributed by atoms with Gasteiger partial charge in [0.2, 0.25) is 5.95 Å². The molecule has 0 atom stereocenters. The van der Waals surface area contributed by atoms with Crippen LogP contribution in [0.4, 0.5) is 19.1 Å². The summed E-state index contributed by atoms with van der Waals surface area (Å²) in [5.74, 6) is -2.24. The molecule has 17 heteroatoms. The van der Waals surface area contributed by atoms with E-state index in [0.717, 1.165) is 16.6 Å². The number of carbonyl (C=O) groups is 1. The maximum Gasteiger partial charge on any atom is 0.471 e. The van der Waals surface area contributed by atoms with Gasteiger partial charge in [0, 0.05) is 22.9 Å². The average Bonchev–Trinajstić information content (AvgIpc) is 3.34. The lowest BCUT2D eigenvalue weighted by molar-refractivity contribution is -0.170. The number of alkyl halides is 3.